The minimum Gasteiger partial charge on any atom is -0.380 e. The first-order valence-corrected chi connectivity index (χ1v) is 6.14. The third-order valence-electron chi connectivity index (χ3n) is 3.39. The molecule has 1 atom stereocenters. The van der Waals surface area contributed by atoms with E-state index in [1.54, 1.807) is 0 Å². The third-order valence-corrected chi connectivity index (χ3v) is 3.39. The topological polar surface area (TPSA) is 29.5 Å². The quantitative estimate of drug-likeness (QED) is 0.730. The zero-order valence-electron chi connectivity index (χ0n) is 10.3. The summed E-state index contributed by atoms with van der Waals surface area (Å²) in [4.78, 5) is 13.5. The molecule has 0 saturated carbocycles. The highest BCUT2D eigenvalue weighted by atomic mass is 16.5. The minimum atomic E-state index is -0.314. The molecule has 1 aliphatic heterocycles. The van der Waals surface area contributed by atoms with Gasteiger partial charge < -0.3 is 14.4 Å². The normalized spacial score (nSPS) is 23.6. The van der Waals surface area contributed by atoms with E-state index in [0.717, 1.165) is 25.8 Å². The molecule has 1 heterocycles. The second kappa shape index (κ2) is 5.32. The van der Waals surface area contributed by atoms with Gasteiger partial charge in [0.15, 0.2) is 0 Å². The van der Waals surface area contributed by atoms with E-state index in [0.29, 0.717) is 13.2 Å². The van der Waals surface area contributed by atoms with Crippen molar-refractivity contribution in [3.8, 4) is 0 Å². The van der Waals surface area contributed by atoms with Crippen LogP contribution in [0.4, 0.5) is 5.69 Å². The van der Waals surface area contributed by atoms with Crippen LogP contribution in [0.15, 0.2) is 30.3 Å². The van der Waals surface area contributed by atoms with Gasteiger partial charge in [-0.3, -0.25) is 0 Å². The molecule has 1 aromatic rings. The molecule has 1 fully saturated rings. The van der Waals surface area contributed by atoms with Crippen LogP contribution in [0.1, 0.15) is 13.3 Å². The Morgan fingerprint density at radius 2 is 2.18 bits per heavy atom. The molecule has 2 rings (SSSR count). The van der Waals surface area contributed by atoms with E-state index in [4.69, 9.17) is 4.74 Å². The van der Waals surface area contributed by atoms with Gasteiger partial charge in [0.25, 0.3) is 0 Å². The van der Waals surface area contributed by atoms with E-state index in [2.05, 4.69) is 24.0 Å². The maximum absolute atomic E-state index is 11.3. The van der Waals surface area contributed by atoms with Crippen LogP contribution >= 0.6 is 0 Å². The van der Waals surface area contributed by atoms with Gasteiger partial charge in [-0.15, -0.1) is 0 Å². The summed E-state index contributed by atoms with van der Waals surface area (Å²) in [6.45, 7) is 5.02. The Morgan fingerprint density at radius 1 is 1.41 bits per heavy atom. The summed E-state index contributed by atoms with van der Waals surface area (Å²) >= 11 is 0. The van der Waals surface area contributed by atoms with Gasteiger partial charge in [0.2, 0.25) is 0 Å². The molecule has 92 valence electrons. The van der Waals surface area contributed by atoms with Crippen LogP contribution < -0.4 is 4.90 Å². The average Bonchev–Trinajstić information content (AvgIpc) is 2.86. The highest BCUT2D eigenvalue weighted by Crippen LogP contribution is 2.29. The Kier molecular flexibility index (Phi) is 3.79. The maximum Gasteiger partial charge on any atom is 0.130 e. The van der Waals surface area contributed by atoms with E-state index in [9.17, 15) is 4.79 Å². The Hall–Kier alpha value is -1.35. The smallest absolute Gasteiger partial charge is 0.130 e. The number of nitrogens with zero attached hydrogens (tertiary/aromatic N) is 1. The van der Waals surface area contributed by atoms with Gasteiger partial charge in [-0.1, -0.05) is 18.2 Å². The summed E-state index contributed by atoms with van der Waals surface area (Å²) in [6, 6.07) is 10.2. The molecular weight excluding hydrogens is 214 g/mol. The summed E-state index contributed by atoms with van der Waals surface area (Å²) < 4.78 is 5.37. The highest BCUT2D eigenvalue weighted by molar-refractivity contribution is 5.62. The van der Waals surface area contributed by atoms with Crippen LogP contribution in [0, 0.1) is 5.41 Å². The predicted molar refractivity (Wildman–Crippen MR) is 68.3 cm³/mol. The monoisotopic (exact) mass is 233 g/mol. The Bertz CT molecular complexity index is 358. The summed E-state index contributed by atoms with van der Waals surface area (Å²) in [5.41, 5.74) is 0.856. The van der Waals surface area contributed by atoms with Crippen LogP contribution in [-0.2, 0) is 9.53 Å². The molecular formula is C14H19NO2. The molecule has 1 aliphatic rings. The molecule has 0 bridgehead atoms. The second-order valence-corrected chi connectivity index (χ2v) is 4.63. The van der Waals surface area contributed by atoms with Crippen molar-refractivity contribution in [2.45, 2.75) is 13.3 Å². The fourth-order valence-electron chi connectivity index (χ4n) is 2.28. The van der Waals surface area contributed by atoms with Crippen molar-refractivity contribution in [1.82, 2.24) is 0 Å². The number of rotatable bonds is 5. The number of benzene rings is 1. The standard InChI is InChI=1S/C14H19NO2/c1-2-15(13-6-4-3-5-7-13)10-14(11-16)8-9-17-12-14/h3-7,11H,2,8-10,12H2,1H3. The summed E-state index contributed by atoms with van der Waals surface area (Å²) in [6.07, 6.45) is 1.91. The first kappa shape index (κ1) is 12.1. The lowest BCUT2D eigenvalue weighted by molar-refractivity contribution is -0.115. The fourth-order valence-corrected chi connectivity index (χ4v) is 2.28. The molecule has 1 unspecified atom stereocenters. The second-order valence-electron chi connectivity index (χ2n) is 4.63. The van der Waals surface area contributed by atoms with Crippen molar-refractivity contribution in [3.05, 3.63) is 30.3 Å². The van der Waals surface area contributed by atoms with Crippen LogP contribution in [0.3, 0.4) is 0 Å². The zero-order chi connectivity index (χ0) is 12.1. The van der Waals surface area contributed by atoms with Gasteiger partial charge in [0, 0.05) is 25.4 Å². The Morgan fingerprint density at radius 3 is 2.71 bits per heavy atom. The van der Waals surface area contributed by atoms with Crippen molar-refractivity contribution in [1.29, 1.82) is 0 Å². The predicted octanol–water partition coefficient (Wildman–Crippen LogP) is 2.12. The van der Waals surface area contributed by atoms with E-state index in [1.165, 1.54) is 5.69 Å². The van der Waals surface area contributed by atoms with Gasteiger partial charge in [0.05, 0.1) is 12.0 Å². The number of carbonyl (C=O) groups excluding carboxylic acids is 1. The van der Waals surface area contributed by atoms with E-state index < -0.39 is 0 Å². The lowest BCUT2D eigenvalue weighted by Crippen LogP contribution is -2.39. The molecule has 1 aromatic carbocycles. The van der Waals surface area contributed by atoms with Gasteiger partial charge in [-0.05, 0) is 25.5 Å². The number of aldehydes is 1. The van der Waals surface area contributed by atoms with Gasteiger partial charge in [0.1, 0.15) is 6.29 Å². The summed E-state index contributed by atoms with van der Waals surface area (Å²) in [7, 11) is 0. The molecule has 0 N–H and O–H groups in total. The van der Waals surface area contributed by atoms with E-state index in [1.807, 2.05) is 18.2 Å². The molecule has 3 nitrogen and oxygen atoms in total. The summed E-state index contributed by atoms with van der Waals surface area (Å²) in [5, 5.41) is 0. The van der Waals surface area contributed by atoms with Crippen molar-refractivity contribution < 1.29 is 9.53 Å². The third kappa shape index (κ3) is 2.67. The van der Waals surface area contributed by atoms with Gasteiger partial charge in [-0.25, -0.2) is 0 Å². The molecule has 1 saturated heterocycles. The van der Waals surface area contributed by atoms with Gasteiger partial charge in [-0.2, -0.15) is 0 Å². The first-order chi connectivity index (χ1) is 8.29. The first-order valence-electron chi connectivity index (χ1n) is 6.14. The van der Waals surface area contributed by atoms with Crippen molar-refractivity contribution in [2.75, 3.05) is 31.2 Å². The summed E-state index contributed by atoms with van der Waals surface area (Å²) in [5.74, 6) is 0. The molecule has 0 radical (unpaired) electrons. The Balaban J connectivity index is 2.12. The minimum absolute atomic E-state index is 0.314. The Labute approximate surface area is 102 Å². The number of hydrogen-bond donors (Lipinski definition) is 0. The highest BCUT2D eigenvalue weighted by Gasteiger charge is 2.36. The lowest BCUT2D eigenvalue weighted by Gasteiger charge is -2.31. The van der Waals surface area contributed by atoms with E-state index >= 15 is 0 Å². The van der Waals surface area contributed by atoms with E-state index in [-0.39, 0.29) is 5.41 Å². The van der Waals surface area contributed by atoms with Crippen LogP contribution in [0.5, 0.6) is 0 Å². The number of hydrogen-bond acceptors (Lipinski definition) is 3. The SMILES string of the molecule is CCN(CC1(C=O)CCOC1)c1ccccc1. The molecule has 0 amide bonds. The van der Waals surface area contributed by atoms with Crippen molar-refractivity contribution in [2.24, 2.45) is 5.41 Å². The maximum atomic E-state index is 11.3. The van der Waals surface area contributed by atoms with Crippen molar-refractivity contribution in [3.63, 3.8) is 0 Å². The van der Waals surface area contributed by atoms with Crippen LogP contribution in [0.25, 0.3) is 0 Å². The van der Waals surface area contributed by atoms with Crippen molar-refractivity contribution >= 4 is 12.0 Å². The van der Waals surface area contributed by atoms with Gasteiger partial charge >= 0.3 is 0 Å². The molecule has 3 heteroatoms. The molecule has 0 aliphatic carbocycles. The largest absolute Gasteiger partial charge is 0.380 e. The molecule has 17 heavy (non-hydrogen) atoms. The number of para-hydroxylation sites is 1. The lowest BCUT2D eigenvalue weighted by atomic mass is 9.88. The fraction of sp³-hybridized carbons (Fsp3) is 0.500. The number of carbonyl (C=O) groups is 1. The zero-order valence-corrected chi connectivity index (χ0v) is 10.3. The molecule has 0 aromatic heterocycles. The van der Waals surface area contributed by atoms with Crippen LogP contribution in [-0.4, -0.2) is 32.6 Å². The average molecular weight is 233 g/mol. The number of ether oxygens (including phenoxy) is 1. The number of anilines is 1. The molecule has 0 spiro atoms. The van der Waals surface area contributed by atoms with Crippen LogP contribution in [0.2, 0.25) is 0 Å².